The van der Waals surface area contributed by atoms with Crippen LogP contribution in [-0.4, -0.2) is 19.1 Å². The summed E-state index contributed by atoms with van der Waals surface area (Å²) < 4.78 is 5.26. The van der Waals surface area contributed by atoms with Crippen LogP contribution in [0.5, 0.6) is 5.75 Å². The van der Waals surface area contributed by atoms with Gasteiger partial charge in [0.15, 0.2) is 0 Å². The van der Waals surface area contributed by atoms with E-state index in [-0.39, 0.29) is 0 Å². The standard InChI is InChI=1S/C12H17ClN4O/c1-18-11-4-2-3-10(13)9(11)7-15-12(17-14)16-8-5-6-8/h2-4,8H,5-7,14H2,1H3,(H2,15,16,17). The van der Waals surface area contributed by atoms with E-state index in [0.717, 1.165) is 24.2 Å². The van der Waals surface area contributed by atoms with Crippen LogP contribution in [0.1, 0.15) is 18.4 Å². The number of methoxy groups -OCH3 is 1. The quantitative estimate of drug-likeness (QED) is 0.334. The molecule has 1 aliphatic rings. The molecule has 2 rings (SSSR count). The molecular formula is C12H17ClN4O. The summed E-state index contributed by atoms with van der Waals surface area (Å²) in [6, 6.07) is 6.02. The van der Waals surface area contributed by atoms with Gasteiger partial charge >= 0.3 is 0 Å². The third-order valence-electron chi connectivity index (χ3n) is 2.75. The molecule has 0 spiro atoms. The number of ether oxygens (including phenoxy) is 1. The maximum absolute atomic E-state index is 6.13. The van der Waals surface area contributed by atoms with E-state index in [9.17, 15) is 0 Å². The van der Waals surface area contributed by atoms with Gasteiger partial charge in [0.1, 0.15) is 5.75 Å². The van der Waals surface area contributed by atoms with Crippen molar-refractivity contribution in [1.29, 1.82) is 0 Å². The molecule has 0 heterocycles. The molecule has 0 atom stereocenters. The molecule has 6 heteroatoms. The minimum absolute atomic E-state index is 0.419. The van der Waals surface area contributed by atoms with Crippen molar-refractivity contribution in [3.8, 4) is 5.75 Å². The lowest BCUT2D eigenvalue weighted by Crippen LogP contribution is -2.42. The largest absolute Gasteiger partial charge is 0.496 e. The Hall–Kier alpha value is -1.46. The van der Waals surface area contributed by atoms with E-state index in [4.69, 9.17) is 22.2 Å². The average molecular weight is 269 g/mol. The number of benzene rings is 1. The second-order valence-electron chi connectivity index (χ2n) is 4.15. The summed E-state index contributed by atoms with van der Waals surface area (Å²) in [5.41, 5.74) is 3.41. The monoisotopic (exact) mass is 268 g/mol. The zero-order valence-corrected chi connectivity index (χ0v) is 11.0. The molecule has 0 bridgehead atoms. The molecule has 1 aromatic carbocycles. The maximum atomic E-state index is 6.13. The minimum Gasteiger partial charge on any atom is -0.496 e. The Kier molecular flexibility index (Phi) is 4.28. The first-order chi connectivity index (χ1) is 8.74. The second-order valence-corrected chi connectivity index (χ2v) is 4.56. The lowest BCUT2D eigenvalue weighted by Gasteiger charge is -2.10. The normalized spacial score (nSPS) is 15.4. The van der Waals surface area contributed by atoms with Crippen LogP contribution in [0.3, 0.4) is 0 Å². The summed E-state index contributed by atoms with van der Waals surface area (Å²) in [5, 5.41) is 3.84. The SMILES string of the molecule is COc1cccc(Cl)c1CN=C(NN)NC1CC1. The number of aliphatic imine (C=N–C) groups is 1. The summed E-state index contributed by atoms with van der Waals surface area (Å²) in [7, 11) is 1.61. The first-order valence-corrected chi connectivity index (χ1v) is 6.21. The highest BCUT2D eigenvalue weighted by molar-refractivity contribution is 6.31. The molecule has 4 N–H and O–H groups in total. The Labute approximate surface area is 111 Å². The molecular weight excluding hydrogens is 252 g/mol. The van der Waals surface area contributed by atoms with Gasteiger partial charge in [-0.1, -0.05) is 17.7 Å². The van der Waals surface area contributed by atoms with Crippen molar-refractivity contribution in [1.82, 2.24) is 10.7 Å². The predicted octanol–water partition coefficient (Wildman–Crippen LogP) is 1.42. The molecule has 0 saturated heterocycles. The molecule has 98 valence electrons. The van der Waals surface area contributed by atoms with Crippen molar-refractivity contribution in [2.75, 3.05) is 7.11 Å². The number of hydrogen-bond acceptors (Lipinski definition) is 3. The van der Waals surface area contributed by atoms with Crippen LogP contribution < -0.4 is 21.3 Å². The van der Waals surface area contributed by atoms with Gasteiger partial charge < -0.3 is 10.1 Å². The molecule has 0 unspecified atom stereocenters. The number of rotatable bonds is 4. The van der Waals surface area contributed by atoms with Crippen LogP contribution in [-0.2, 0) is 6.54 Å². The number of halogens is 1. The number of nitrogens with zero attached hydrogens (tertiary/aromatic N) is 1. The van der Waals surface area contributed by atoms with Crippen LogP contribution in [0.15, 0.2) is 23.2 Å². The topological polar surface area (TPSA) is 71.7 Å². The van der Waals surface area contributed by atoms with E-state index in [0.29, 0.717) is 23.6 Å². The van der Waals surface area contributed by atoms with Gasteiger partial charge in [-0.15, -0.1) is 0 Å². The summed E-state index contributed by atoms with van der Waals surface area (Å²) in [5.74, 6) is 6.73. The van der Waals surface area contributed by atoms with Gasteiger partial charge in [-0.25, -0.2) is 10.8 Å². The second kappa shape index (κ2) is 5.93. The van der Waals surface area contributed by atoms with E-state index < -0.39 is 0 Å². The van der Waals surface area contributed by atoms with Gasteiger partial charge in [0.05, 0.1) is 13.7 Å². The maximum Gasteiger partial charge on any atom is 0.206 e. The summed E-state index contributed by atoms with van der Waals surface area (Å²) in [6.07, 6.45) is 2.33. The highest BCUT2D eigenvalue weighted by atomic mass is 35.5. The van der Waals surface area contributed by atoms with E-state index in [2.05, 4.69) is 15.7 Å². The highest BCUT2D eigenvalue weighted by Gasteiger charge is 2.22. The van der Waals surface area contributed by atoms with Gasteiger partial charge in [0, 0.05) is 16.6 Å². The van der Waals surface area contributed by atoms with Gasteiger partial charge in [0.25, 0.3) is 0 Å². The highest BCUT2D eigenvalue weighted by Crippen LogP contribution is 2.26. The third-order valence-corrected chi connectivity index (χ3v) is 3.10. The number of nitrogens with two attached hydrogens (primary N) is 1. The third kappa shape index (κ3) is 3.27. The molecule has 1 aliphatic carbocycles. The van der Waals surface area contributed by atoms with Crippen LogP contribution in [0.2, 0.25) is 5.02 Å². The molecule has 1 fully saturated rings. The summed E-state index contributed by atoms with van der Waals surface area (Å²) in [6.45, 7) is 0.419. The van der Waals surface area contributed by atoms with Crippen LogP contribution in [0, 0.1) is 0 Å². The van der Waals surface area contributed by atoms with Crippen molar-refractivity contribution in [3.05, 3.63) is 28.8 Å². The molecule has 5 nitrogen and oxygen atoms in total. The Morgan fingerprint density at radius 3 is 2.94 bits per heavy atom. The van der Waals surface area contributed by atoms with E-state index in [1.165, 1.54) is 0 Å². The van der Waals surface area contributed by atoms with Crippen LogP contribution >= 0.6 is 11.6 Å². The summed E-state index contributed by atoms with van der Waals surface area (Å²) >= 11 is 6.13. The molecule has 0 amide bonds. The number of guanidine groups is 1. The van der Waals surface area contributed by atoms with Crippen molar-refractivity contribution in [2.45, 2.75) is 25.4 Å². The van der Waals surface area contributed by atoms with Crippen molar-refractivity contribution in [2.24, 2.45) is 10.8 Å². The van der Waals surface area contributed by atoms with Gasteiger partial charge in [-0.05, 0) is 25.0 Å². The van der Waals surface area contributed by atoms with Crippen LogP contribution in [0.25, 0.3) is 0 Å². The fourth-order valence-electron chi connectivity index (χ4n) is 1.60. The molecule has 0 aromatic heterocycles. The van der Waals surface area contributed by atoms with Gasteiger partial charge in [-0.3, -0.25) is 5.43 Å². The minimum atomic E-state index is 0.419. The van der Waals surface area contributed by atoms with E-state index in [1.54, 1.807) is 7.11 Å². The fourth-order valence-corrected chi connectivity index (χ4v) is 1.82. The number of hydrogen-bond donors (Lipinski definition) is 3. The molecule has 0 aliphatic heterocycles. The molecule has 0 radical (unpaired) electrons. The molecule has 1 saturated carbocycles. The zero-order valence-electron chi connectivity index (χ0n) is 10.2. The van der Waals surface area contributed by atoms with E-state index in [1.807, 2.05) is 18.2 Å². The first-order valence-electron chi connectivity index (χ1n) is 5.83. The van der Waals surface area contributed by atoms with E-state index >= 15 is 0 Å². The van der Waals surface area contributed by atoms with Gasteiger partial charge in [-0.2, -0.15) is 0 Å². The lowest BCUT2D eigenvalue weighted by molar-refractivity contribution is 0.410. The number of hydrazine groups is 1. The van der Waals surface area contributed by atoms with Crippen LogP contribution in [0.4, 0.5) is 0 Å². The first kappa shape index (κ1) is 13.0. The van der Waals surface area contributed by atoms with Crippen molar-refractivity contribution < 1.29 is 4.74 Å². The Balaban J connectivity index is 2.09. The summed E-state index contributed by atoms with van der Waals surface area (Å²) in [4.78, 5) is 4.37. The molecule has 1 aromatic rings. The Morgan fingerprint density at radius 1 is 1.56 bits per heavy atom. The molecule has 18 heavy (non-hydrogen) atoms. The fraction of sp³-hybridized carbons (Fsp3) is 0.417. The predicted molar refractivity (Wildman–Crippen MR) is 72.6 cm³/mol. The van der Waals surface area contributed by atoms with Crippen molar-refractivity contribution in [3.63, 3.8) is 0 Å². The number of nitrogens with one attached hydrogen (secondary N) is 2. The smallest absolute Gasteiger partial charge is 0.206 e. The average Bonchev–Trinajstić information content (AvgIpc) is 3.19. The Morgan fingerprint density at radius 2 is 2.33 bits per heavy atom. The zero-order chi connectivity index (χ0) is 13.0. The lowest BCUT2D eigenvalue weighted by atomic mass is 10.2. The van der Waals surface area contributed by atoms with Gasteiger partial charge in [0.2, 0.25) is 5.96 Å². The van der Waals surface area contributed by atoms with Crippen molar-refractivity contribution >= 4 is 17.6 Å². The Bertz CT molecular complexity index is 446.